The van der Waals surface area contributed by atoms with Gasteiger partial charge in [-0.3, -0.25) is 0 Å². The number of hydrogen-bond donors (Lipinski definition) is 1. The summed E-state index contributed by atoms with van der Waals surface area (Å²) in [6.45, 7) is 1.81. The molecule has 7 heteroatoms. The maximum Gasteiger partial charge on any atom is 0.407 e. The van der Waals surface area contributed by atoms with E-state index in [9.17, 15) is 13.2 Å². The number of alkyl carbamates (subject to hydrolysis) is 1. The first kappa shape index (κ1) is 19.7. The average molecular weight is 399 g/mol. The molecule has 0 saturated heterocycles. The minimum absolute atomic E-state index is 0.100. The van der Waals surface area contributed by atoms with Gasteiger partial charge in [-0.2, -0.15) is 0 Å². The van der Waals surface area contributed by atoms with Gasteiger partial charge in [0.1, 0.15) is 17.6 Å². The van der Waals surface area contributed by atoms with E-state index in [0.717, 1.165) is 11.1 Å². The molecule has 1 amide bonds. The summed E-state index contributed by atoms with van der Waals surface area (Å²) in [5, 5.41) is 1.47. The van der Waals surface area contributed by atoms with Gasteiger partial charge in [0.2, 0.25) is 0 Å². The number of ether oxygens (including phenoxy) is 1. The van der Waals surface area contributed by atoms with Crippen molar-refractivity contribution in [2.75, 3.05) is 6.54 Å². The lowest BCUT2D eigenvalue weighted by molar-refractivity contribution is 0.139. The Balaban J connectivity index is 1.71. The quantitative estimate of drug-likeness (QED) is 0.648. The number of amides is 1. The Hall–Kier alpha value is -3.06. The zero-order valence-corrected chi connectivity index (χ0v) is 16.2. The van der Waals surface area contributed by atoms with Crippen molar-refractivity contribution in [1.29, 1.82) is 0 Å². The van der Waals surface area contributed by atoms with Gasteiger partial charge in [0, 0.05) is 6.54 Å². The number of furan rings is 1. The highest BCUT2D eigenvalue weighted by Crippen LogP contribution is 2.29. The van der Waals surface area contributed by atoms with E-state index in [2.05, 4.69) is 5.32 Å². The number of benzene rings is 2. The number of aryl methyl sites for hydroxylation is 1. The van der Waals surface area contributed by atoms with Crippen molar-refractivity contribution in [2.24, 2.45) is 0 Å². The van der Waals surface area contributed by atoms with Gasteiger partial charge >= 0.3 is 6.09 Å². The van der Waals surface area contributed by atoms with Gasteiger partial charge in [-0.15, -0.1) is 0 Å². The number of nitrogens with one attached hydrogen (secondary N) is 1. The Kier molecular flexibility index (Phi) is 6.16. The van der Waals surface area contributed by atoms with Crippen molar-refractivity contribution in [3.05, 3.63) is 89.9 Å². The number of hydrogen-bond acceptors (Lipinski definition) is 5. The van der Waals surface area contributed by atoms with E-state index in [1.54, 1.807) is 36.4 Å². The van der Waals surface area contributed by atoms with Crippen molar-refractivity contribution in [1.82, 2.24) is 5.32 Å². The summed E-state index contributed by atoms with van der Waals surface area (Å²) in [7, 11) is -3.77. The van der Waals surface area contributed by atoms with E-state index >= 15 is 0 Å². The lowest BCUT2D eigenvalue weighted by Gasteiger charge is -2.17. The number of carbonyl (C=O) groups is 1. The highest BCUT2D eigenvalue weighted by atomic mass is 32.2. The second-order valence-electron chi connectivity index (χ2n) is 6.30. The van der Waals surface area contributed by atoms with Crippen LogP contribution in [-0.4, -0.2) is 21.1 Å². The van der Waals surface area contributed by atoms with Crippen LogP contribution in [0.15, 0.2) is 82.3 Å². The van der Waals surface area contributed by atoms with Crippen LogP contribution in [0.5, 0.6) is 0 Å². The molecule has 0 aliphatic heterocycles. The molecule has 1 heterocycles. The van der Waals surface area contributed by atoms with Crippen LogP contribution in [0.3, 0.4) is 0 Å². The standard InChI is InChI=1S/C21H21NO5S/c1-16-9-11-18(12-10-16)28(24,25)20(19-8-5-13-26-19)14-22-21(23)27-15-17-6-3-2-4-7-17/h2-13,20H,14-15H2,1H3,(H,22,23)/t20-/m1/s1. The molecule has 0 saturated carbocycles. The van der Waals surface area contributed by atoms with Gasteiger partial charge in [0.15, 0.2) is 9.84 Å². The summed E-state index contributed by atoms with van der Waals surface area (Å²) in [4.78, 5) is 12.2. The minimum Gasteiger partial charge on any atom is -0.468 e. The first-order valence-electron chi connectivity index (χ1n) is 8.75. The summed E-state index contributed by atoms with van der Waals surface area (Å²) in [5.74, 6) is 0.254. The molecule has 1 N–H and O–H groups in total. The number of sulfone groups is 1. The van der Waals surface area contributed by atoms with Crippen LogP contribution >= 0.6 is 0 Å². The fraction of sp³-hybridized carbons (Fsp3) is 0.190. The number of carbonyl (C=O) groups excluding carboxylic acids is 1. The molecule has 0 radical (unpaired) electrons. The number of rotatable bonds is 7. The van der Waals surface area contributed by atoms with Crippen LogP contribution in [0.25, 0.3) is 0 Å². The third kappa shape index (κ3) is 4.80. The molecule has 0 aliphatic carbocycles. The van der Waals surface area contributed by atoms with Crippen molar-refractivity contribution >= 4 is 15.9 Å². The lowest BCUT2D eigenvalue weighted by Crippen LogP contribution is -2.32. The maximum atomic E-state index is 13.1. The first-order chi connectivity index (χ1) is 13.5. The average Bonchev–Trinajstić information content (AvgIpc) is 3.22. The Bertz CT molecular complexity index is 997. The van der Waals surface area contributed by atoms with Gasteiger partial charge in [0.05, 0.1) is 11.2 Å². The summed E-state index contributed by atoms with van der Waals surface area (Å²) in [6.07, 6.45) is 0.709. The Morgan fingerprint density at radius 2 is 1.75 bits per heavy atom. The monoisotopic (exact) mass is 399 g/mol. The molecule has 3 aromatic rings. The predicted octanol–water partition coefficient (Wildman–Crippen LogP) is 4.03. The van der Waals surface area contributed by atoms with Gasteiger partial charge in [0.25, 0.3) is 0 Å². The predicted molar refractivity (Wildman–Crippen MR) is 104 cm³/mol. The SMILES string of the molecule is Cc1ccc(S(=O)(=O)[C@H](CNC(=O)OCc2ccccc2)c2ccco2)cc1. The van der Waals surface area contributed by atoms with Crippen LogP contribution in [0.2, 0.25) is 0 Å². The smallest absolute Gasteiger partial charge is 0.407 e. The lowest BCUT2D eigenvalue weighted by atomic mass is 10.2. The third-order valence-corrected chi connectivity index (χ3v) is 6.31. The Morgan fingerprint density at radius 3 is 2.39 bits per heavy atom. The van der Waals surface area contributed by atoms with E-state index < -0.39 is 21.2 Å². The minimum atomic E-state index is -3.77. The fourth-order valence-corrected chi connectivity index (χ4v) is 4.27. The van der Waals surface area contributed by atoms with Crippen LogP contribution in [-0.2, 0) is 21.2 Å². The fourth-order valence-electron chi connectivity index (χ4n) is 2.68. The molecule has 0 aliphatic rings. The molecule has 1 aromatic heterocycles. The molecule has 146 valence electrons. The second kappa shape index (κ2) is 8.75. The van der Waals surface area contributed by atoms with Crippen LogP contribution < -0.4 is 5.32 Å². The summed E-state index contributed by atoms with van der Waals surface area (Å²) >= 11 is 0. The second-order valence-corrected chi connectivity index (χ2v) is 8.44. The van der Waals surface area contributed by atoms with Crippen LogP contribution in [0.1, 0.15) is 22.1 Å². The topological polar surface area (TPSA) is 85.6 Å². The summed E-state index contributed by atoms with van der Waals surface area (Å²) in [6, 6.07) is 19.0. The molecule has 0 unspecified atom stereocenters. The van der Waals surface area contributed by atoms with Crippen LogP contribution in [0.4, 0.5) is 4.79 Å². The molecule has 0 spiro atoms. The van der Waals surface area contributed by atoms with Crippen LogP contribution in [0, 0.1) is 6.92 Å². The van der Waals surface area contributed by atoms with Gasteiger partial charge in [-0.25, -0.2) is 13.2 Å². The van der Waals surface area contributed by atoms with E-state index in [0.29, 0.717) is 0 Å². The zero-order chi connectivity index (χ0) is 20.0. The molecule has 0 fully saturated rings. The zero-order valence-electron chi connectivity index (χ0n) is 15.4. The van der Waals surface area contributed by atoms with E-state index in [4.69, 9.17) is 9.15 Å². The molecule has 6 nitrogen and oxygen atoms in total. The molecular weight excluding hydrogens is 378 g/mol. The summed E-state index contributed by atoms with van der Waals surface area (Å²) < 4.78 is 36.6. The molecule has 1 atom stereocenters. The molecule has 28 heavy (non-hydrogen) atoms. The Morgan fingerprint density at radius 1 is 1.04 bits per heavy atom. The van der Waals surface area contributed by atoms with Gasteiger partial charge in [-0.05, 0) is 36.8 Å². The molecule has 3 rings (SSSR count). The highest BCUT2D eigenvalue weighted by Gasteiger charge is 2.32. The molecule has 0 bridgehead atoms. The van der Waals surface area contributed by atoms with Crippen molar-refractivity contribution in [3.63, 3.8) is 0 Å². The van der Waals surface area contributed by atoms with Crippen molar-refractivity contribution in [3.8, 4) is 0 Å². The molecule has 2 aromatic carbocycles. The third-order valence-electron chi connectivity index (χ3n) is 4.23. The van der Waals surface area contributed by atoms with E-state index in [-0.39, 0.29) is 23.8 Å². The maximum absolute atomic E-state index is 13.1. The van der Waals surface area contributed by atoms with Gasteiger partial charge in [-0.1, -0.05) is 48.0 Å². The van der Waals surface area contributed by atoms with E-state index in [1.807, 2.05) is 37.3 Å². The molecular formula is C21H21NO5S. The van der Waals surface area contributed by atoms with Crippen molar-refractivity contribution < 1.29 is 22.4 Å². The largest absolute Gasteiger partial charge is 0.468 e. The Labute approximate surface area is 164 Å². The normalized spacial score (nSPS) is 12.3. The van der Waals surface area contributed by atoms with Gasteiger partial charge < -0.3 is 14.5 Å². The van der Waals surface area contributed by atoms with Crippen molar-refractivity contribution in [2.45, 2.75) is 23.7 Å². The highest BCUT2D eigenvalue weighted by molar-refractivity contribution is 7.91. The van der Waals surface area contributed by atoms with E-state index in [1.165, 1.54) is 6.26 Å². The first-order valence-corrected chi connectivity index (χ1v) is 10.3. The summed E-state index contributed by atoms with van der Waals surface area (Å²) in [5.41, 5.74) is 1.80.